The second-order valence-corrected chi connectivity index (χ2v) is 5.62. The third kappa shape index (κ3) is 2.21. The minimum atomic E-state index is 1.20. The zero-order valence-corrected chi connectivity index (χ0v) is 12.5. The van der Waals surface area contributed by atoms with E-state index in [0.29, 0.717) is 0 Å². The molecule has 106 valence electrons. The third-order valence-corrected chi connectivity index (χ3v) is 4.24. The first kappa shape index (κ1) is 12.9. The van der Waals surface area contributed by atoms with Crippen molar-refractivity contribution in [1.29, 1.82) is 0 Å². The molecule has 0 fully saturated rings. The van der Waals surface area contributed by atoms with Crippen LogP contribution in [0.5, 0.6) is 0 Å². The van der Waals surface area contributed by atoms with Gasteiger partial charge in [0.1, 0.15) is 0 Å². The Balaban J connectivity index is 1.78. The molecule has 0 saturated carbocycles. The summed E-state index contributed by atoms with van der Waals surface area (Å²) in [5, 5.41) is 5.09. The monoisotopic (exact) mass is 283 g/mol. The van der Waals surface area contributed by atoms with Crippen LogP contribution in [-0.2, 0) is 0 Å². The van der Waals surface area contributed by atoms with Crippen LogP contribution in [0.2, 0.25) is 0 Å². The first-order valence-corrected chi connectivity index (χ1v) is 7.53. The van der Waals surface area contributed by atoms with Crippen molar-refractivity contribution in [1.82, 2.24) is 0 Å². The van der Waals surface area contributed by atoms with Gasteiger partial charge < -0.3 is 4.90 Å². The lowest BCUT2D eigenvalue weighted by Gasteiger charge is -2.20. The fraction of sp³-hybridized carbons (Fsp3) is 0.0476. The first-order valence-electron chi connectivity index (χ1n) is 7.53. The Hall–Kier alpha value is -2.80. The quantitative estimate of drug-likeness (QED) is 0.452. The van der Waals surface area contributed by atoms with Gasteiger partial charge >= 0.3 is 0 Å². The predicted octanol–water partition coefficient (Wildman–Crippen LogP) is 5.76. The molecular formula is C21H17N. The fourth-order valence-electron chi connectivity index (χ4n) is 2.92. The normalized spacial score (nSPS) is 11.0. The standard InChI is InChI=1S/C21H17N/c1-22(20-12-10-16-6-2-4-8-18(16)14-20)21-13-11-17-7-3-5-9-19(17)15-21/h2-15H,1H3. The molecule has 0 bridgehead atoms. The minimum absolute atomic E-state index is 1.20. The van der Waals surface area contributed by atoms with Crippen molar-refractivity contribution >= 4 is 32.9 Å². The van der Waals surface area contributed by atoms with E-state index in [1.54, 1.807) is 0 Å². The SMILES string of the molecule is CN(c1ccc2ccccc2c1)c1ccc2ccccc2c1. The van der Waals surface area contributed by atoms with E-state index in [1.807, 2.05) is 0 Å². The average molecular weight is 283 g/mol. The second-order valence-electron chi connectivity index (χ2n) is 5.62. The molecule has 0 aromatic heterocycles. The molecule has 0 amide bonds. The molecule has 0 N–H and O–H groups in total. The second kappa shape index (κ2) is 5.19. The van der Waals surface area contributed by atoms with Gasteiger partial charge in [0.05, 0.1) is 0 Å². The van der Waals surface area contributed by atoms with Crippen molar-refractivity contribution < 1.29 is 0 Å². The molecule has 1 heteroatoms. The summed E-state index contributed by atoms with van der Waals surface area (Å²) in [6.07, 6.45) is 0. The van der Waals surface area contributed by atoms with E-state index in [1.165, 1.54) is 32.9 Å². The largest absolute Gasteiger partial charge is 0.345 e. The molecule has 0 aliphatic rings. The smallest absolute Gasteiger partial charge is 0.0414 e. The maximum atomic E-state index is 2.24. The predicted molar refractivity (Wildman–Crippen MR) is 96.0 cm³/mol. The molecule has 0 saturated heterocycles. The zero-order valence-electron chi connectivity index (χ0n) is 12.5. The molecule has 4 rings (SSSR count). The van der Waals surface area contributed by atoms with Crippen LogP contribution in [0.25, 0.3) is 21.5 Å². The Morgan fingerprint density at radius 3 is 1.36 bits per heavy atom. The Labute approximate surface area is 130 Å². The van der Waals surface area contributed by atoms with Gasteiger partial charge in [0.2, 0.25) is 0 Å². The summed E-state index contributed by atoms with van der Waals surface area (Å²) in [4.78, 5) is 2.24. The highest BCUT2D eigenvalue weighted by molar-refractivity contribution is 5.89. The number of fused-ring (bicyclic) bond motifs is 2. The van der Waals surface area contributed by atoms with E-state index in [4.69, 9.17) is 0 Å². The molecule has 0 atom stereocenters. The van der Waals surface area contributed by atoms with Crippen LogP contribution in [-0.4, -0.2) is 7.05 Å². The van der Waals surface area contributed by atoms with Gasteiger partial charge in [-0.05, 0) is 45.8 Å². The molecule has 4 aromatic rings. The number of nitrogens with zero attached hydrogens (tertiary/aromatic N) is 1. The molecule has 4 aromatic carbocycles. The maximum absolute atomic E-state index is 2.24. The lowest BCUT2D eigenvalue weighted by atomic mass is 10.1. The van der Waals surface area contributed by atoms with Gasteiger partial charge in [-0.2, -0.15) is 0 Å². The maximum Gasteiger partial charge on any atom is 0.0414 e. The Morgan fingerprint density at radius 1 is 0.500 bits per heavy atom. The van der Waals surface area contributed by atoms with Crippen LogP contribution in [0.1, 0.15) is 0 Å². The first-order chi connectivity index (χ1) is 10.8. The van der Waals surface area contributed by atoms with Crippen molar-refractivity contribution in [3.05, 3.63) is 84.9 Å². The highest BCUT2D eigenvalue weighted by Gasteiger charge is 2.05. The summed E-state index contributed by atoms with van der Waals surface area (Å²) in [5.41, 5.74) is 2.41. The van der Waals surface area contributed by atoms with Crippen molar-refractivity contribution in [3.63, 3.8) is 0 Å². The van der Waals surface area contributed by atoms with E-state index in [9.17, 15) is 0 Å². The Kier molecular flexibility index (Phi) is 3.05. The van der Waals surface area contributed by atoms with Crippen LogP contribution in [0.4, 0.5) is 11.4 Å². The van der Waals surface area contributed by atoms with Crippen molar-refractivity contribution in [3.8, 4) is 0 Å². The number of anilines is 2. The number of benzene rings is 4. The molecule has 1 nitrogen and oxygen atoms in total. The van der Waals surface area contributed by atoms with Crippen LogP contribution >= 0.6 is 0 Å². The van der Waals surface area contributed by atoms with Crippen LogP contribution in [0.3, 0.4) is 0 Å². The molecule has 0 spiro atoms. The van der Waals surface area contributed by atoms with Crippen LogP contribution < -0.4 is 4.90 Å². The van der Waals surface area contributed by atoms with Crippen molar-refractivity contribution in [2.24, 2.45) is 0 Å². The van der Waals surface area contributed by atoms with Crippen LogP contribution in [0, 0.1) is 0 Å². The van der Waals surface area contributed by atoms with Crippen LogP contribution in [0.15, 0.2) is 84.9 Å². The highest BCUT2D eigenvalue weighted by Crippen LogP contribution is 2.29. The molecule has 0 heterocycles. The average Bonchev–Trinajstić information content (AvgIpc) is 2.60. The van der Waals surface area contributed by atoms with Gasteiger partial charge in [0, 0.05) is 18.4 Å². The van der Waals surface area contributed by atoms with Gasteiger partial charge in [0.15, 0.2) is 0 Å². The lowest BCUT2D eigenvalue weighted by molar-refractivity contribution is 1.22. The Bertz CT molecular complexity index is 876. The molecular weight excluding hydrogens is 266 g/mol. The zero-order chi connectivity index (χ0) is 14.9. The summed E-state index contributed by atoms with van der Waals surface area (Å²) >= 11 is 0. The number of rotatable bonds is 2. The van der Waals surface area contributed by atoms with E-state index >= 15 is 0 Å². The molecule has 0 unspecified atom stereocenters. The summed E-state index contributed by atoms with van der Waals surface area (Å²) in [6.45, 7) is 0. The van der Waals surface area contributed by atoms with E-state index in [2.05, 4.69) is 96.9 Å². The van der Waals surface area contributed by atoms with Crippen molar-refractivity contribution in [2.75, 3.05) is 11.9 Å². The fourth-order valence-corrected chi connectivity index (χ4v) is 2.92. The topological polar surface area (TPSA) is 3.24 Å². The summed E-state index contributed by atoms with van der Waals surface area (Å²) in [5.74, 6) is 0. The molecule has 0 aliphatic heterocycles. The van der Waals surface area contributed by atoms with Gasteiger partial charge in [0.25, 0.3) is 0 Å². The molecule has 0 radical (unpaired) electrons. The number of hydrogen-bond acceptors (Lipinski definition) is 1. The highest BCUT2D eigenvalue weighted by atomic mass is 15.1. The summed E-state index contributed by atoms with van der Waals surface area (Å²) < 4.78 is 0. The molecule has 22 heavy (non-hydrogen) atoms. The van der Waals surface area contributed by atoms with E-state index < -0.39 is 0 Å². The van der Waals surface area contributed by atoms with Gasteiger partial charge in [-0.1, -0.05) is 60.7 Å². The summed E-state index contributed by atoms with van der Waals surface area (Å²) in [6, 6.07) is 30.1. The minimum Gasteiger partial charge on any atom is -0.345 e. The lowest BCUT2D eigenvalue weighted by Crippen LogP contribution is -2.09. The Morgan fingerprint density at radius 2 is 0.909 bits per heavy atom. The number of hydrogen-bond donors (Lipinski definition) is 0. The van der Waals surface area contributed by atoms with Crippen molar-refractivity contribution in [2.45, 2.75) is 0 Å². The molecule has 0 aliphatic carbocycles. The summed E-state index contributed by atoms with van der Waals surface area (Å²) in [7, 11) is 2.12. The van der Waals surface area contributed by atoms with E-state index in [-0.39, 0.29) is 0 Å². The van der Waals surface area contributed by atoms with Gasteiger partial charge in [-0.3, -0.25) is 0 Å². The van der Waals surface area contributed by atoms with Gasteiger partial charge in [-0.15, -0.1) is 0 Å². The van der Waals surface area contributed by atoms with E-state index in [0.717, 1.165) is 0 Å². The third-order valence-electron chi connectivity index (χ3n) is 4.24. The van der Waals surface area contributed by atoms with Gasteiger partial charge in [-0.25, -0.2) is 0 Å².